The van der Waals surface area contributed by atoms with E-state index in [0.29, 0.717) is 32.1 Å². The van der Waals surface area contributed by atoms with Crippen molar-refractivity contribution in [1.82, 2.24) is 0 Å². The second-order valence-electron chi connectivity index (χ2n) is 16.6. The van der Waals surface area contributed by atoms with Gasteiger partial charge in [0.05, 0.1) is 32.0 Å². The van der Waals surface area contributed by atoms with Crippen LogP contribution in [0.5, 0.6) is 0 Å². The zero-order valence-corrected chi connectivity index (χ0v) is 38.0. The lowest BCUT2D eigenvalue weighted by molar-refractivity contribution is -0.161. The minimum Gasteiger partial charge on any atom is -0.462 e. The van der Waals surface area contributed by atoms with Crippen molar-refractivity contribution in [2.75, 3.05) is 26.4 Å². The summed E-state index contributed by atoms with van der Waals surface area (Å²) in [5.41, 5.74) is 0. The number of aliphatic hydroxyl groups excluding tert-OH is 4. The van der Waals surface area contributed by atoms with Gasteiger partial charge in [-0.3, -0.25) is 23.4 Å². The minimum absolute atomic E-state index is 0.0331. The van der Waals surface area contributed by atoms with Crippen molar-refractivity contribution in [3.63, 3.8) is 0 Å². The van der Waals surface area contributed by atoms with E-state index in [1.54, 1.807) is 12.2 Å². The van der Waals surface area contributed by atoms with Gasteiger partial charge >= 0.3 is 19.8 Å². The van der Waals surface area contributed by atoms with E-state index < -0.39 is 70.6 Å². The van der Waals surface area contributed by atoms with Crippen LogP contribution in [0.3, 0.4) is 0 Å². The molecule has 1 aliphatic carbocycles. The molecule has 0 aromatic carbocycles. The number of carbonyl (C=O) groups excluding carboxylic acids is 3. The van der Waals surface area contributed by atoms with E-state index in [1.807, 2.05) is 0 Å². The largest absolute Gasteiger partial charge is 0.472 e. The van der Waals surface area contributed by atoms with Crippen molar-refractivity contribution in [3.05, 3.63) is 24.3 Å². The van der Waals surface area contributed by atoms with Gasteiger partial charge in [-0.05, 0) is 51.4 Å². The third kappa shape index (κ3) is 30.1. The lowest BCUT2D eigenvalue weighted by atomic mass is 9.88. The molecule has 1 saturated carbocycles. The first-order chi connectivity index (χ1) is 28.9. The maximum absolute atomic E-state index is 12.7. The molecule has 60 heavy (non-hydrogen) atoms. The van der Waals surface area contributed by atoms with Crippen LogP contribution >= 0.6 is 7.82 Å². The highest BCUT2D eigenvalue weighted by molar-refractivity contribution is 7.47. The first-order valence-electron chi connectivity index (χ1n) is 23.4. The molecule has 0 amide bonds. The van der Waals surface area contributed by atoms with Gasteiger partial charge in [0.15, 0.2) is 6.10 Å². The summed E-state index contributed by atoms with van der Waals surface area (Å²) < 4.78 is 32.8. The van der Waals surface area contributed by atoms with Gasteiger partial charge in [-0.2, -0.15) is 0 Å². The molecular weight excluding hydrogens is 791 g/mol. The van der Waals surface area contributed by atoms with Crippen LogP contribution in [0, 0.1) is 11.8 Å². The van der Waals surface area contributed by atoms with Crippen molar-refractivity contribution in [2.24, 2.45) is 11.8 Å². The number of phosphoric acid groups is 1. The first-order valence-corrected chi connectivity index (χ1v) is 24.9. The lowest BCUT2D eigenvalue weighted by Gasteiger charge is -2.20. The van der Waals surface area contributed by atoms with Crippen LogP contribution in [0.15, 0.2) is 24.3 Å². The molecule has 7 atom stereocenters. The molecule has 1 rings (SSSR count). The molecule has 1 fully saturated rings. The number of hydrogen-bond donors (Lipinski definition) is 5. The topological polar surface area (TPSA) is 206 Å². The number of Topliss-reactive ketones (excluding diaryl/α,β-unsaturated/α-hetero) is 1. The molecule has 13 nitrogen and oxygen atoms in total. The van der Waals surface area contributed by atoms with Crippen molar-refractivity contribution in [3.8, 4) is 0 Å². The molecule has 14 heteroatoms. The van der Waals surface area contributed by atoms with Crippen LogP contribution in [0.4, 0.5) is 0 Å². The van der Waals surface area contributed by atoms with Gasteiger partial charge in [0.2, 0.25) is 0 Å². The lowest BCUT2D eigenvalue weighted by Crippen LogP contribution is -2.29. The number of esters is 2. The second kappa shape index (κ2) is 36.5. The number of aliphatic hydroxyl groups is 4. The summed E-state index contributed by atoms with van der Waals surface area (Å²) in [7, 11) is -4.68. The van der Waals surface area contributed by atoms with Gasteiger partial charge in [0, 0.05) is 31.1 Å². The normalized spacial score (nSPS) is 19.5. The molecule has 0 aromatic heterocycles. The monoisotopic (exact) mass is 875 g/mol. The highest BCUT2D eigenvalue weighted by atomic mass is 31.2. The van der Waals surface area contributed by atoms with Crippen molar-refractivity contribution < 1.29 is 62.8 Å². The summed E-state index contributed by atoms with van der Waals surface area (Å²) in [6, 6.07) is 0. The zero-order chi connectivity index (χ0) is 44.3. The van der Waals surface area contributed by atoms with Gasteiger partial charge < -0.3 is 34.8 Å². The summed E-state index contributed by atoms with van der Waals surface area (Å²) in [4.78, 5) is 47.8. The van der Waals surface area contributed by atoms with E-state index in [1.165, 1.54) is 57.8 Å². The average Bonchev–Trinajstić information content (AvgIpc) is 3.49. The second-order valence-corrected chi connectivity index (χ2v) is 18.0. The van der Waals surface area contributed by atoms with Crippen LogP contribution in [0.25, 0.3) is 0 Å². The number of ether oxygens (including phenoxy) is 2. The number of unbranched alkanes of at least 4 members (excludes halogenated alkanes) is 18. The highest BCUT2D eigenvalue weighted by Gasteiger charge is 2.39. The highest BCUT2D eigenvalue weighted by Crippen LogP contribution is 2.43. The molecule has 0 aromatic rings. The molecule has 0 saturated heterocycles. The predicted octanol–water partition coefficient (Wildman–Crippen LogP) is 9.15. The summed E-state index contributed by atoms with van der Waals surface area (Å²) in [5.74, 6) is -1.66. The molecule has 1 unspecified atom stereocenters. The molecule has 0 spiro atoms. The maximum atomic E-state index is 12.7. The van der Waals surface area contributed by atoms with E-state index in [2.05, 4.69) is 30.5 Å². The summed E-state index contributed by atoms with van der Waals surface area (Å²) in [6.07, 6.45) is 28.9. The first kappa shape index (κ1) is 56.1. The van der Waals surface area contributed by atoms with Gasteiger partial charge in [0.25, 0.3) is 0 Å². The Hall–Kier alpha value is -1.96. The van der Waals surface area contributed by atoms with Crippen LogP contribution in [-0.2, 0) is 37.5 Å². The number of rotatable bonds is 40. The van der Waals surface area contributed by atoms with Crippen LogP contribution in [0.2, 0.25) is 0 Å². The maximum Gasteiger partial charge on any atom is 0.472 e. The molecule has 5 N–H and O–H groups in total. The van der Waals surface area contributed by atoms with Gasteiger partial charge in [0.1, 0.15) is 18.5 Å². The van der Waals surface area contributed by atoms with E-state index in [0.717, 1.165) is 64.2 Å². The molecule has 0 heterocycles. The van der Waals surface area contributed by atoms with Gasteiger partial charge in [-0.1, -0.05) is 141 Å². The van der Waals surface area contributed by atoms with E-state index in [-0.39, 0.29) is 36.9 Å². The predicted molar refractivity (Wildman–Crippen MR) is 234 cm³/mol. The van der Waals surface area contributed by atoms with Gasteiger partial charge in [-0.15, -0.1) is 0 Å². The van der Waals surface area contributed by atoms with Gasteiger partial charge in [-0.25, -0.2) is 4.57 Å². The Kier molecular flexibility index (Phi) is 34.1. The van der Waals surface area contributed by atoms with Crippen LogP contribution in [-0.4, -0.2) is 93.9 Å². The fourth-order valence-corrected chi connectivity index (χ4v) is 8.09. The fourth-order valence-electron chi connectivity index (χ4n) is 7.30. The Labute approximate surface area is 361 Å². The van der Waals surface area contributed by atoms with E-state index >= 15 is 0 Å². The number of allylic oxidation sites excluding steroid dienone is 2. The molecular formula is C46H83O13P. The van der Waals surface area contributed by atoms with Crippen molar-refractivity contribution in [1.29, 1.82) is 0 Å². The molecule has 1 aliphatic rings. The van der Waals surface area contributed by atoms with Crippen LogP contribution in [0.1, 0.15) is 187 Å². The van der Waals surface area contributed by atoms with E-state index in [4.69, 9.17) is 19.1 Å². The molecule has 0 radical (unpaired) electrons. The SMILES string of the molecule is CCCCCCCC/C=C\CCCCCCCCCC(=O)O[C@H](COC(=O)CCCCCC[C@H]1C(=O)C[C@@H](O)[C@@H]1/C=C/[C@@H](O)CCCCC)COP(=O)(O)OC[C@@H](O)CO. The minimum atomic E-state index is -4.68. The summed E-state index contributed by atoms with van der Waals surface area (Å²) >= 11 is 0. The quantitative estimate of drug-likeness (QED) is 0.0169. The fraction of sp³-hybridized carbons (Fsp3) is 0.848. The summed E-state index contributed by atoms with van der Waals surface area (Å²) in [6.45, 7) is 2.01. The number of phosphoric ester groups is 1. The smallest absolute Gasteiger partial charge is 0.462 e. The standard InChI is InChI=1S/C46H83O13P/c1-3-5-7-8-9-10-11-12-13-14-15-16-17-18-19-20-26-30-46(53)59-40(37-58-60(54,55)57-35-39(49)34-47)36-56-45(52)29-25-22-21-24-28-41-42(44(51)33-43(41)50)32-31-38(48)27-23-6-4-2/h12-13,31-32,38-42,44,47-49,51H,3-11,14-30,33-37H2,1-2H3,(H,54,55)/b13-12-,32-31+/t38-,39-,40+,41+,42+,44+/m0/s1. The Morgan fingerprint density at radius 3 is 1.88 bits per heavy atom. The molecule has 0 bridgehead atoms. The van der Waals surface area contributed by atoms with Crippen LogP contribution < -0.4 is 0 Å². The number of hydrogen-bond acceptors (Lipinski definition) is 12. The zero-order valence-electron chi connectivity index (χ0n) is 37.1. The Morgan fingerprint density at radius 1 is 0.733 bits per heavy atom. The third-order valence-corrected chi connectivity index (χ3v) is 11.9. The Morgan fingerprint density at radius 2 is 1.27 bits per heavy atom. The Balaban J connectivity index is 2.40. The third-order valence-electron chi connectivity index (χ3n) is 11.0. The number of ketones is 1. The van der Waals surface area contributed by atoms with Crippen molar-refractivity contribution in [2.45, 2.75) is 212 Å². The average molecular weight is 875 g/mol. The van der Waals surface area contributed by atoms with Crippen molar-refractivity contribution >= 4 is 25.5 Å². The molecule has 0 aliphatic heterocycles. The van der Waals surface area contributed by atoms with E-state index in [9.17, 15) is 39.2 Å². The summed E-state index contributed by atoms with van der Waals surface area (Å²) in [5, 5.41) is 39.1. The number of carbonyl (C=O) groups is 3. The molecule has 350 valence electrons. The Bertz CT molecular complexity index is 1210.